The van der Waals surface area contributed by atoms with Gasteiger partial charge in [-0.3, -0.25) is 24.0 Å². The van der Waals surface area contributed by atoms with Crippen molar-refractivity contribution in [2.24, 2.45) is 5.73 Å². The summed E-state index contributed by atoms with van der Waals surface area (Å²) in [5, 5.41) is 43.8. The number of carboxylic acid groups (broad SMARTS) is 3. The van der Waals surface area contributed by atoms with E-state index in [1.807, 2.05) is 0 Å². The minimum absolute atomic E-state index is 0.0163. The Hall–Kier alpha value is -3.85. The normalized spacial score (nSPS) is 13.8. The number of hydrogen-bond acceptors (Lipinski definition) is 9. The monoisotopic (exact) mass is 570 g/mol. The van der Waals surface area contributed by atoms with Crippen molar-refractivity contribution in [2.75, 3.05) is 12.0 Å². The Kier molecular flexibility index (Phi) is 14.4. The molecule has 0 fully saturated rings. The molecule has 3 amide bonds. The van der Waals surface area contributed by atoms with Crippen molar-refractivity contribution >= 4 is 47.4 Å². The lowest BCUT2D eigenvalue weighted by Gasteiger charge is -2.25. The average molecular weight is 571 g/mol. The van der Waals surface area contributed by atoms with Gasteiger partial charge in [-0.05, 0) is 55.4 Å². The molecule has 0 aliphatic heterocycles. The molecule has 1 aromatic carbocycles. The summed E-state index contributed by atoms with van der Waals surface area (Å²) in [4.78, 5) is 72.2. The first-order chi connectivity index (χ1) is 18.3. The number of aliphatic carboxylic acids is 3. The second-order valence-electron chi connectivity index (χ2n) is 8.65. The molecule has 0 aromatic heterocycles. The van der Waals surface area contributed by atoms with Crippen LogP contribution in [0.5, 0.6) is 5.75 Å². The SMILES string of the molecule is CSCCC(NC(=O)C(CCC(=O)O)NC(=O)C(CCC(=O)O)NC(=O)C(N)Cc1ccc(O)cc1)C(=O)O. The highest BCUT2D eigenvalue weighted by Crippen LogP contribution is 2.11. The van der Waals surface area contributed by atoms with E-state index in [9.17, 15) is 39.0 Å². The number of amides is 3. The van der Waals surface area contributed by atoms with E-state index in [1.165, 1.54) is 23.9 Å². The summed E-state index contributed by atoms with van der Waals surface area (Å²) in [5.41, 5.74) is 6.55. The van der Waals surface area contributed by atoms with Gasteiger partial charge in [0.1, 0.15) is 23.9 Å². The number of phenols is 1. The summed E-state index contributed by atoms with van der Waals surface area (Å²) in [7, 11) is 0. The van der Waals surface area contributed by atoms with Crippen LogP contribution in [0.3, 0.4) is 0 Å². The van der Waals surface area contributed by atoms with E-state index in [0.717, 1.165) is 0 Å². The highest BCUT2D eigenvalue weighted by Gasteiger charge is 2.31. The van der Waals surface area contributed by atoms with Crippen LogP contribution >= 0.6 is 11.8 Å². The molecule has 0 radical (unpaired) electrons. The molecule has 9 N–H and O–H groups in total. The first kappa shape index (κ1) is 33.2. The van der Waals surface area contributed by atoms with Crippen molar-refractivity contribution in [1.29, 1.82) is 0 Å². The van der Waals surface area contributed by atoms with Gasteiger partial charge in [0, 0.05) is 12.8 Å². The molecule has 0 saturated carbocycles. The molecule has 0 saturated heterocycles. The van der Waals surface area contributed by atoms with E-state index in [1.54, 1.807) is 18.4 Å². The number of rotatable bonds is 18. The predicted octanol–water partition coefficient (Wildman–Crippen LogP) is -0.716. The highest BCUT2D eigenvalue weighted by atomic mass is 32.2. The maximum absolute atomic E-state index is 13.0. The number of hydrogen-bond donors (Lipinski definition) is 8. The van der Waals surface area contributed by atoms with Crippen LogP contribution in [0.25, 0.3) is 0 Å². The van der Waals surface area contributed by atoms with Gasteiger partial charge in [-0.1, -0.05) is 12.1 Å². The van der Waals surface area contributed by atoms with E-state index < -0.39 is 72.6 Å². The number of carbonyl (C=O) groups excluding carboxylic acids is 3. The van der Waals surface area contributed by atoms with Gasteiger partial charge in [0.05, 0.1) is 6.04 Å². The number of carboxylic acids is 3. The third-order valence-corrected chi connectivity index (χ3v) is 6.16. The lowest BCUT2D eigenvalue weighted by atomic mass is 10.0. The first-order valence-electron chi connectivity index (χ1n) is 11.9. The Bertz CT molecular complexity index is 1020. The fraction of sp³-hybridized carbons (Fsp3) is 0.500. The Balaban J connectivity index is 3.02. The Labute approximate surface area is 228 Å². The van der Waals surface area contributed by atoms with Gasteiger partial charge < -0.3 is 42.1 Å². The van der Waals surface area contributed by atoms with Crippen LogP contribution < -0.4 is 21.7 Å². The number of nitrogens with one attached hydrogen (secondary N) is 3. The van der Waals surface area contributed by atoms with Crippen LogP contribution in [0.15, 0.2) is 24.3 Å². The van der Waals surface area contributed by atoms with Gasteiger partial charge in [-0.2, -0.15) is 11.8 Å². The van der Waals surface area contributed by atoms with E-state index in [2.05, 4.69) is 16.0 Å². The largest absolute Gasteiger partial charge is 0.508 e. The highest BCUT2D eigenvalue weighted by molar-refractivity contribution is 7.98. The zero-order valence-corrected chi connectivity index (χ0v) is 22.1. The lowest BCUT2D eigenvalue weighted by Crippen LogP contribution is -2.57. The standard InChI is InChI=1S/C24H34N4O10S/c1-39-11-10-18(24(37)38)28-23(36)17(7-9-20(32)33)27-22(35)16(6-8-19(30)31)26-21(34)15(25)12-13-2-4-14(29)5-3-13/h2-5,15-18,29H,6-12,25H2,1H3,(H,26,34)(H,27,35)(H,28,36)(H,30,31)(H,32,33)(H,37,38). The molecule has 15 heteroatoms. The van der Waals surface area contributed by atoms with Crippen molar-refractivity contribution in [2.45, 2.75) is 62.7 Å². The molecular formula is C24H34N4O10S. The Morgan fingerprint density at radius 3 is 1.67 bits per heavy atom. The summed E-state index contributed by atoms with van der Waals surface area (Å²) < 4.78 is 0. The van der Waals surface area contributed by atoms with Crippen LogP contribution in [0, 0.1) is 0 Å². The van der Waals surface area contributed by atoms with E-state index >= 15 is 0 Å². The third-order valence-electron chi connectivity index (χ3n) is 5.51. The number of phenolic OH excluding ortho intramolecular Hbond substituents is 1. The van der Waals surface area contributed by atoms with E-state index in [-0.39, 0.29) is 31.4 Å². The van der Waals surface area contributed by atoms with Crippen LogP contribution in [-0.4, -0.2) is 92.2 Å². The smallest absolute Gasteiger partial charge is 0.326 e. The van der Waals surface area contributed by atoms with Gasteiger partial charge >= 0.3 is 17.9 Å². The average Bonchev–Trinajstić information content (AvgIpc) is 2.87. The van der Waals surface area contributed by atoms with Crippen molar-refractivity contribution in [3.05, 3.63) is 29.8 Å². The number of thioether (sulfide) groups is 1. The minimum atomic E-state index is -1.47. The van der Waals surface area contributed by atoms with Gasteiger partial charge in [0.15, 0.2) is 0 Å². The summed E-state index contributed by atoms with van der Waals surface area (Å²) in [6.45, 7) is 0. The summed E-state index contributed by atoms with van der Waals surface area (Å²) in [6, 6.07) is 0.565. The summed E-state index contributed by atoms with van der Waals surface area (Å²) in [5.74, 6) is -6.10. The van der Waals surface area contributed by atoms with Gasteiger partial charge in [-0.25, -0.2) is 4.79 Å². The lowest BCUT2D eigenvalue weighted by molar-refractivity contribution is -0.143. The van der Waals surface area contributed by atoms with Gasteiger partial charge in [-0.15, -0.1) is 0 Å². The van der Waals surface area contributed by atoms with Gasteiger partial charge in [0.2, 0.25) is 17.7 Å². The molecule has 4 atom stereocenters. The summed E-state index contributed by atoms with van der Waals surface area (Å²) in [6.07, 6.45) is 0.0592. The quantitative estimate of drug-likeness (QED) is 0.109. The molecule has 1 aromatic rings. The fourth-order valence-electron chi connectivity index (χ4n) is 3.37. The maximum Gasteiger partial charge on any atom is 0.326 e. The molecule has 0 aliphatic rings. The molecule has 4 unspecified atom stereocenters. The molecule has 0 bridgehead atoms. The van der Waals surface area contributed by atoms with E-state index in [4.69, 9.17) is 15.9 Å². The topological polar surface area (TPSA) is 245 Å². The number of nitrogens with two attached hydrogens (primary N) is 1. The first-order valence-corrected chi connectivity index (χ1v) is 13.3. The van der Waals surface area contributed by atoms with Crippen LogP contribution in [0.2, 0.25) is 0 Å². The molecule has 0 aliphatic carbocycles. The number of benzene rings is 1. The maximum atomic E-state index is 13.0. The number of aromatic hydroxyl groups is 1. The van der Waals surface area contributed by atoms with Crippen molar-refractivity contribution < 1.29 is 49.2 Å². The molecular weight excluding hydrogens is 536 g/mol. The molecule has 1 rings (SSSR count). The summed E-state index contributed by atoms with van der Waals surface area (Å²) >= 11 is 1.36. The molecule has 39 heavy (non-hydrogen) atoms. The molecule has 14 nitrogen and oxygen atoms in total. The van der Waals surface area contributed by atoms with Crippen molar-refractivity contribution in [3.8, 4) is 5.75 Å². The van der Waals surface area contributed by atoms with Crippen molar-refractivity contribution in [1.82, 2.24) is 16.0 Å². The van der Waals surface area contributed by atoms with Crippen LogP contribution in [-0.2, 0) is 35.2 Å². The Morgan fingerprint density at radius 1 is 0.769 bits per heavy atom. The van der Waals surface area contributed by atoms with Crippen LogP contribution in [0.1, 0.15) is 37.7 Å². The zero-order chi connectivity index (χ0) is 29.5. The predicted molar refractivity (Wildman–Crippen MR) is 140 cm³/mol. The van der Waals surface area contributed by atoms with Gasteiger partial charge in [0.25, 0.3) is 0 Å². The molecule has 0 spiro atoms. The molecule has 216 valence electrons. The Morgan fingerprint density at radius 2 is 1.23 bits per heavy atom. The molecule has 0 heterocycles. The van der Waals surface area contributed by atoms with E-state index in [0.29, 0.717) is 11.3 Å². The fourth-order valence-corrected chi connectivity index (χ4v) is 3.84. The minimum Gasteiger partial charge on any atom is -0.508 e. The zero-order valence-electron chi connectivity index (χ0n) is 21.3. The number of carbonyl (C=O) groups is 6. The second-order valence-corrected chi connectivity index (χ2v) is 9.63. The van der Waals surface area contributed by atoms with Crippen LogP contribution in [0.4, 0.5) is 0 Å². The third kappa shape index (κ3) is 13.0. The van der Waals surface area contributed by atoms with Crippen molar-refractivity contribution in [3.63, 3.8) is 0 Å². The second kappa shape index (κ2) is 16.9.